The van der Waals surface area contributed by atoms with Crippen molar-refractivity contribution in [3.8, 4) is 0 Å². The molecule has 0 aromatic rings. The van der Waals surface area contributed by atoms with Crippen LogP contribution in [-0.2, 0) is 0 Å². The fourth-order valence-corrected chi connectivity index (χ4v) is 3.00. The third-order valence-electron chi connectivity index (χ3n) is 3.92. The number of likely N-dealkylation sites (N-methyl/N-ethyl adjacent to an activating group) is 1. The molecular formula is C11H22N2. The minimum Gasteiger partial charge on any atom is -0.308 e. The van der Waals surface area contributed by atoms with Crippen LogP contribution in [0.25, 0.3) is 0 Å². The van der Waals surface area contributed by atoms with Crippen LogP contribution in [-0.4, -0.2) is 36.6 Å². The van der Waals surface area contributed by atoms with E-state index in [1.807, 2.05) is 0 Å². The summed E-state index contributed by atoms with van der Waals surface area (Å²) in [5, 5.41) is 3.78. The van der Waals surface area contributed by atoms with Gasteiger partial charge in [0.05, 0.1) is 0 Å². The van der Waals surface area contributed by atoms with Crippen molar-refractivity contribution in [1.29, 1.82) is 0 Å². The van der Waals surface area contributed by atoms with Crippen molar-refractivity contribution in [2.24, 2.45) is 0 Å². The predicted octanol–water partition coefficient (Wildman–Crippen LogP) is 1.61. The Labute approximate surface area is 81.7 Å². The zero-order chi connectivity index (χ0) is 9.31. The lowest BCUT2D eigenvalue weighted by Gasteiger charge is -2.44. The van der Waals surface area contributed by atoms with Gasteiger partial charge in [-0.25, -0.2) is 0 Å². The van der Waals surface area contributed by atoms with Crippen LogP contribution in [0.15, 0.2) is 0 Å². The zero-order valence-electron chi connectivity index (χ0n) is 8.97. The fourth-order valence-electron chi connectivity index (χ4n) is 3.00. The van der Waals surface area contributed by atoms with Gasteiger partial charge in [-0.1, -0.05) is 19.8 Å². The molecule has 2 heteroatoms. The monoisotopic (exact) mass is 182 g/mol. The molecule has 1 unspecified atom stereocenters. The van der Waals surface area contributed by atoms with Gasteiger partial charge in [-0.05, 0) is 26.3 Å². The molecule has 0 aromatic heterocycles. The third-order valence-corrected chi connectivity index (χ3v) is 3.92. The molecule has 2 nitrogen and oxygen atoms in total. The third kappa shape index (κ3) is 1.75. The summed E-state index contributed by atoms with van der Waals surface area (Å²) in [5.74, 6) is 0. The van der Waals surface area contributed by atoms with Crippen molar-refractivity contribution in [2.45, 2.75) is 50.6 Å². The van der Waals surface area contributed by atoms with Crippen molar-refractivity contribution < 1.29 is 0 Å². The summed E-state index contributed by atoms with van der Waals surface area (Å²) in [7, 11) is 2.29. The first-order valence-corrected chi connectivity index (χ1v) is 5.71. The maximum absolute atomic E-state index is 3.78. The molecule has 1 atom stereocenters. The second kappa shape index (κ2) is 3.58. The normalized spacial score (nSPS) is 34.2. The molecule has 2 aliphatic rings. The Kier molecular flexibility index (Phi) is 2.61. The molecule has 1 N–H and O–H groups in total. The Morgan fingerprint density at radius 1 is 1.38 bits per heavy atom. The van der Waals surface area contributed by atoms with Gasteiger partial charge in [0.2, 0.25) is 0 Å². The van der Waals surface area contributed by atoms with E-state index in [2.05, 4.69) is 24.2 Å². The molecule has 1 spiro atoms. The molecule has 1 saturated carbocycles. The molecule has 2 fully saturated rings. The van der Waals surface area contributed by atoms with E-state index in [4.69, 9.17) is 0 Å². The van der Waals surface area contributed by atoms with Crippen LogP contribution >= 0.6 is 0 Å². The lowest BCUT2D eigenvalue weighted by molar-refractivity contribution is 0.103. The van der Waals surface area contributed by atoms with E-state index in [1.165, 1.54) is 45.2 Å². The van der Waals surface area contributed by atoms with Crippen LogP contribution in [0.4, 0.5) is 0 Å². The molecule has 1 aliphatic carbocycles. The SMILES string of the molecule is CCC1CNC2(CCCC2)CN1C. The van der Waals surface area contributed by atoms with E-state index in [9.17, 15) is 0 Å². The molecule has 0 aromatic carbocycles. The standard InChI is InChI=1S/C11H22N2/c1-3-10-8-12-11(9-13(10)2)6-4-5-7-11/h10,12H,3-9H2,1-2H3. The van der Waals surface area contributed by atoms with Crippen molar-refractivity contribution in [1.82, 2.24) is 10.2 Å². The highest BCUT2D eigenvalue weighted by atomic mass is 15.2. The highest BCUT2D eigenvalue weighted by Gasteiger charge is 2.38. The average Bonchev–Trinajstić information content (AvgIpc) is 2.54. The summed E-state index contributed by atoms with van der Waals surface area (Å²) in [5.41, 5.74) is 0.500. The van der Waals surface area contributed by atoms with Gasteiger partial charge >= 0.3 is 0 Å². The number of hydrogen-bond donors (Lipinski definition) is 1. The minimum absolute atomic E-state index is 0.500. The molecule has 1 heterocycles. The summed E-state index contributed by atoms with van der Waals surface area (Å²) in [6.07, 6.45) is 6.93. The van der Waals surface area contributed by atoms with Crippen molar-refractivity contribution in [3.63, 3.8) is 0 Å². The van der Waals surface area contributed by atoms with Crippen LogP contribution < -0.4 is 5.32 Å². The first-order chi connectivity index (χ1) is 6.26. The van der Waals surface area contributed by atoms with Gasteiger partial charge in [0.25, 0.3) is 0 Å². The quantitative estimate of drug-likeness (QED) is 0.663. The van der Waals surface area contributed by atoms with Gasteiger partial charge in [0.15, 0.2) is 0 Å². The number of nitrogens with zero attached hydrogens (tertiary/aromatic N) is 1. The topological polar surface area (TPSA) is 15.3 Å². The number of nitrogens with one attached hydrogen (secondary N) is 1. The highest BCUT2D eigenvalue weighted by molar-refractivity contribution is 4.99. The first-order valence-electron chi connectivity index (χ1n) is 5.71. The number of rotatable bonds is 1. The van der Waals surface area contributed by atoms with E-state index in [-0.39, 0.29) is 0 Å². The van der Waals surface area contributed by atoms with Crippen LogP contribution in [0.3, 0.4) is 0 Å². The highest BCUT2D eigenvalue weighted by Crippen LogP contribution is 2.32. The maximum atomic E-state index is 3.78. The lowest BCUT2D eigenvalue weighted by Crippen LogP contribution is -2.61. The van der Waals surface area contributed by atoms with Gasteiger partial charge in [0, 0.05) is 24.7 Å². The molecule has 2 rings (SSSR count). The summed E-state index contributed by atoms with van der Waals surface area (Å²) < 4.78 is 0. The van der Waals surface area contributed by atoms with E-state index in [0.29, 0.717) is 5.54 Å². The fraction of sp³-hybridized carbons (Fsp3) is 1.00. The van der Waals surface area contributed by atoms with Crippen LogP contribution in [0, 0.1) is 0 Å². The van der Waals surface area contributed by atoms with Crippen molar-refractivity contribution in [2.75, 3.05) is 20.1 Å². The van der Waals surface area contributed by atoms with Gasteiger partial charge in [-0.2, -0.15) is 0 Å². The van der Waals surface area contributed by atoms with Crippen molar-refractivity contribution >= 4 is 0 Å². The molecule has 1 aliphatic heterocycles. The largest absolute Gasteiger partial charge is 0.308 e. The molecular weight excluding hydrogens is 160 g/mol. The Morgan fingerprint density at radius 3 is 2.62 bits per heavy atom. The maximum Gasteiger partial charge on any atom is 0.0309 e. The Morgan fingerprint density at radius 2 is 2.08 bits per heavy atom. The summed E-state index contributed by atoms with van der Waals surface area (Å²) in [6.45, 7) is 4.76. The van der Waals surface area contributed by atoms with E-state index in [1.54, 1.807) is 0 Å². The van der Waals surface area contributed by atoms with E-state index < -0.39 is 0 Å². The smallest absolute Gasteiger partial charge is 0.0309 e. The molecule has 1 saturated heterocycles. The summed E-state index contributed by atoms with van der Waals surface area (Å²) >= 11 is 0. The van der Waals surface area contributed by atoms with Gasteiger partial charge in [-0.3, -0.25) is 0 Å². The number of piperazine rings is 1. The van der Waals surface area contributed by atoms with Gasteiger partial charge < -0.3 is 10.2 Å². The summed E-state index contributed by atoms with van der Waals surface area (Å²) in [4.78, 5) is 2.56. The summed E-state index contributed by atoms with van der Waals surface area (Å²) in [6, 6.07) is 0.770. The Balaban J connectivity index is 1.97. The Bertz CT molecular complexity index is 173. The first kappa shape index (κ1) is 9.47. The van der Waals surface area contributed by atoms with Crippen LogP contribution in [0.2, 0.25) is 0 Å². The molecule has 76 valence electrons. The second-order valence-electron chi connectivity index (χ2n) is 4.85. The molecule has 0 amide bonds. The average molecular weight is 182 g/mol. The predicted molar refractivity (Wildman–Crippen MR) is 55.9 cm³/mol. The molecule has 13 heavy (non-hydrogen) atoms. The van der Waals surface area contributed by atoms with Gasteiger partial charge in [-0.15, -0.1) is 0 Å². The van der Waals surface area contributed by atoms with E-state index in [0.717, 1.165) is 6.04 Å². The zero-order valence-corrected chi connectivity index (χ0v) is 8.97. The van der Waals surface area contributed by atoms with Gasteiger partial charge in [0.1, 0.15) is 0 Å². The van der Waals surface area contributed by atoms with Crippen LogP contribution in [0.5, 0.6) is 0 Å². The molecule has 0 bridgehead atoms. The number of hydrogen-bond acceptors (Lipinski definition) is 2. The molecule has 0 radical (unpaired) electrons. The second-order valence-corrected chi connectivity index (χ2v) is 4.85. The minimum atomic E-state index is 0.500. The van der Waals surface area contributed by atoms with Crippen molar-refractivity contribution in [3.05, 3.63) is 0 Å². The lowest BCUT2D eigenvalue weighted by atomic mass is 9.92. The Hall–Kier alpha value is -0.0800. The van der Waals surface area contributed by atoms with E-state index >= 15 is 0 Å². The van der Waals surface area contributed by atoms with Crippen LogP contribution in [0.1, 0.15) is 39.0 Å².